The maximum atomic E-state index is 12.2. The van der Waals surface area contributed by atoms with Crippen molar-refractivity contribution in [2.24, 2.45) is 0 Å². The first-order valence-electron chi connectivity index (χ1n) is 7.13. The van der Waals surface area contributed by atoms with Crippen LogP contribution in [-0.2, 0) is 19.1 Å². The molecule has 0 radical (unpaired) electrons. The Hall–Kier alpha value is -1.77. The minimum absolute atomic E-state index is 0.0558. The molecule has 3 aliphatic rings. The number of hydrogen-bond acceptors (Lipinski definition) is 6. The molecule has 9 heteroatoms. The van der Waals surface area contributed by atoms with Gasteiger partial charge < -0.3 is 15.0 Å². The average Bonchev–Trinajstić information content (AvgIpc) is 3.12. The molecule has 3 heterocycles. The van der Waals surface area contributed by atoms with Crippen LogP contribution in [0, 0.1) is 0 Å². The lowest BCUT2D eigenvalue weighted by Crippen LogP contribution is -2.47. The fraction of sp³-hybridized carbons (Fsp3) is 0.692. The predicted molar refractivity (Wildman–Crippen MR) is 76.8 cm³/mol. The van der Waals surface area contributed by atoms with Crippen molar-refractivity contribution in [1.29, 1.82) is 0 Å². The monoisotopic (exact) mass is 327 g/mol. The molecule has 0 unspecified atom stereocenters. The van der Waals surface area contributed by atoms with Gasteiger partial charge in [-0.3, -0.25) is 14.5 Å². The van der Waals surface area contributed by atoms with Gasteiger partial charge in [0.15, 0.2) is 6.61 Å². The van der Waals surface area contributed by atoms with Gasteiger partial charge in [0.2, 0.25) is 5.91 Å². The number of nitrogens with one attached hydrogen (secondary N) is 1. The summed E-state index contributed by atoms with van der Waals surface area (Å²) in [5, 5.41) is 2.50. The Balaban J connectivity index is 1.57. The molecule has 2 atom stereocenters. The van der Waals surface area contributed by atoms with E-state index in [4.69, 9.17) is 4.74 Å². The Morgan fingerprint density at radius 1 is 1.45 bits per heavy atom. The molecule has 0 bridgehead atoms. The lowest BCUT2D eigenvalue weighted by atomic mass is 10.2. The molecule has 0 aromatic carbocycles. The number of fused-ring (bicyclic) bond motifs is 1. The van der Waals surface area contributed by atoms with Crippen LogP contribution in [0.25, 0.3) is 0 Å². The van der Waals surface area contributed by atoms with Gasteiger partial charge in [0.05, 0.1) is 4.87 Å². The van der Waals surface area contributed by atoms with E-state index in [1.807, 2.05) is 6.92 Å². The number of thioether (sulfide) groups is 1. The maximum absolute atomic E-state index is 12.2. The van der Waals surface area contributed by atoms with Gasteiger partial charge in [-0.05, 0) is 13.3 Å². The van der Waals surface area contributed by atoms with Gasteiger partial charge in [0.25, 0.3) is 5.91 Å². The lowest BCUT2D eigenvalue weighted by Gasteiger charge is -2.29. The Morgan fingerprint density at radius 2 is 2.23 bits per heavy atom. The second-order valence-electron chi connectivity index (χ2n) is 5.65. The Labute approximate surface area is 131 Å². The molecule has 3 saturated heterocycles. The van der Waals surface area contributed by atoms with E-state index in [1.54, 1.807) is 16.7 Å². The van der Waals surface area contributed by atoms with Gasteiger partial charge in [-0.15, -0.1) is 11.8 Å². The molecular formula is C13H17N3O5S. The molecular weight excluding hydrogens is 310 g/mol. The van der Waals surface area contributed by atoms with E-state index in [0.29, 0.717) is 25.1 Å². The highest BCUT2D eigenvalue weighted by atomic mass is 32.2. The molecule has 1 N–H and O–H groups in total. The number of amides is 4. The van der Waals surface area contributed by atoms with E-state index in [-0.39, 0.29) is 17.3 Å². The molecule has 8 nitrogen and oxygen atoms in total. The van der Waals surface area contributed by atoms with Crippen LogP contribution in [0.2, 0.25) is 0 Å². The number of urea groups is 1. The normalized spacial score (nSPS) is 30.5. The SMILES string of the molecule is C[C@@]12CCC(=O)N1[C@@H](C(=O)OCC(=O)N1CCNC1=O)CS2. The molecule has 0 aromatic heterocycles. The minimum atomic E-state index is -0.648. The number of carbonyl (C=O) groups is 4. The zero-order chi connectivity index (χ0) is 15.9. The maximum Gasteiger partial charge on any atom is 0.330 e. The van der Waals surface area contributed by atoms with Crippen molar-refractivity contribution >= 4 is 35.6 Å². The Morgan fingerprint density at radius 3 is 2.91 bits per heavy atom. The van der Waals surface area contributed by atoms with Gasteiger partial charge >= 0.3 is 12.0 Å². The average molecular weight is 327 g/mol. The fourth-order valence-corrected chi connectivity index (χ4v) is 4.43. The summed E-state index contributed by atoms with van der Waals surface area (Å²) in [5.41, 5.74) is 0. The van der Waals surface area contributed by atoms with E-state index < -0.39 is 30.6 Å². The topological polar surface area (TPSA) is 96.0 Å². The van der Waals surface area contributed by atoms with Crippen LogP contribution in [0.15, 0.2) is 0 Å². The molecule has 0 saturated carbocycles. The van der Waals surface area contributed by atoms with Crippen molar-refractivity contribution in [3.05, 3.63) is 0 Å². The number of esters is 1. The second-order valence-corrected chi connectivity index (χ2v) is 7.15. The fourth-order valence-electron chi connectivity index (χ4n) is 3.01. The van der Waals surface area contributed by atoms with Crippen molar-refractivity contribution in [3.63, 3.8) is 0 Å². The standard InChI is InChI=1S/C13H17N3O5S/c1-13-3-2-9(17)16(13)8(7-22-13)11(19)21-6-10(18)15-5-4-14-12(15)20/h8H,2-7H2,1H3,(H,14,20)/t8-,13-/m1/s1. The van der Waals surface area contributed by atoms with Crippen LogP contribution < -0.4 is 5.32 Å². The van der Waals surface area contributed by atoms with Crippen molar-refractivity contribution in [2.75, 3.05) is 25.4 Å². The van der Waals surface area contributed by atoms with E-state index in [2.05, 4.69) is 5.32 Å². The summed E-state index contributed by atoms with van der Waals surface area (Å²) in [6.07, 6.45) is 1.15. The van der Waals surface area contributed by atoms with Crippen molar-refractivity contribution in [2.45, 2.75) is 30.7 Å². The third-order valence-electron chi connectivity index (χ3n) is 4.21. The van der Waals surface area contributed by atoms with Gasteiger partial charge in [-0.1, -0.05) is 0 Å². The van der Waals surface area contributed by atoms with E-state index >= 15 is 0 Å². The summed E-state index contributed by atoms with van der Waals surface area (Å²) in [5.74, 6) is -0.719. The summed E-state index contributed by atoms with van der Waals surface area (Å²) in [6, 6.07) is -1.12. The van der Waals surface area contributed by atoms with Gasteiger partial charge in [0, 0.05) is 25.3 Å². The highest BCUT2D eigenvalue weighted by Gasteiger charge is 2.53. The number of hydrogen-bond donors (Lipinski definition) is 1. The first-order chi connectivity index (χ1) is 10.4. The lowest BCUT2D eigenvalue weighted by molar-refractivity contribution is -0.157. The largest absolute Gasteiger partial charge is 0.454 e. The first-order valence-corrected chi connectivity index (χ1v) is 8.12. The zero-order valence-corrected chi connectivity index (χ0v) is 13.0. The summed E-state index contributed by atoms with van der Waals surface area (Å²) < 4.78 is 5.03. The quantitative estimate of drug-likeness (QED) is 0.705. The number of nitrogens with zero attached hydrogens (tertiary/aromatic N) is 2. The van der Waals surface area contributed by atoms with Crippen molar-refractivity contribution in [1.82, 2.24) is 15.1 Å². The molecule has 0 aromatic rings. The van der Waals surface area contributed by atoms with Crippen LogP contribution >= 0.6 is 11.8 Å². The number of ether oxygens (including phenoxy) is 1. The van der Waals surface area contributed by atoms with Crippen LogP contribution in [0.5, 0.6) is 0 Å². The number of imide groups is 1. The zero-order valence-electron chi connectivity index (χ0n) is 12.2. The smallest absolute Gasteiger partial charge is 0.330 e. The first kappa shape index (κ1) is 15.1. The number of rotatable bonds is 3. The van der Waals surface area contributed by atoms with E-state index in [9.17, 15) is 19.2 Å². The van der Waals surface area contributed by atoms with E-state index in [1.165, 1.54) is 0 Å². The summed E-state index contributed by atoms with van der Waals surface area (Å²) in [4.78, 5) is 49.5. The van der Waals surface area contributed by atoms with Crippen LogP contribution in [0.4, 0.5) is 4.79 Å². The van der Waals surface area contributed by atoms with Crippen molar-refractivity contribution in [3.8, 4) is 0 Å². The molecule has 3 fully saturated rings. The van der Waals surface area contributed by atoms with E-state index in [0.717, 1.165) is 4.90 Å². The highest BCUT2D eigenvalue weighted by Crippen LogP contribution is 2.47. The molecule has 22 heavy (non-hydrogen) atoms. The molecule has 0 aliphatic carbocycles. The molecule has 3 aliphatic heterocycles. The molecule has 3 rings (SSSR count). The summed E-state index contributed by atoms with van der Waals surface area (Å²) >= 11 is 1.56. The van der Waals surface area contributed by atoms with Crippen LogP contribution in [0.3, 0.4) is 0 Å². The van der Waals surface area contributed by atoms with Crippen LogP contribution in [-0.4, -0.2) is 70.0 Å². The Kier molecular flexibility index (Phi) is 3.75. The third kappa shape index (κ3) is 2.43. The molecule has 0 spiro atoms. The summed E-state index contributed by atoms with van der Waals surface area (Å²) in [7, 11) is 0. The van der Waals surface area contributed by atoms with Gasteiger partial charge in [-0.2, -0.15) is 0 Å². The number of carbonyl (C=O) groups excluding carboxylic acids is 4. The Bertz CT molecular complexity index is 554. The predicted octanol–water partition coefficient (Wildman–Crippen LogP) is -0.465. The highest BCUT2D eigenvalue weighted by molar-refractivity contribution is 8.01. The second kappa shape index (κ2) is 5.45. The van der Waals surface area contributed by atoms with Crippen molar-refractivity contribution < 1.29 is 23.9 Å². The summed E-state index contributed by atoms with van der Waals surface area (Å²) in [6.45, 7) is 2.14. The van der Waals surface area contributed by atoms with Gasteiger partial charge in [-0.25, -0.2) is 9.59 Å². The van der Waals surface area contributed by atoms with Crippen LogP contribution in [0.1, 0.15) is 19.8 Å². The minimum Gasteiger partial charge on any atom is -0.454 e. The third-order valence-corrected chi connectivity index (χ3v) is 5.72. The molecule has 120 valence electrons. The van der Waals surface area contributed by atoms with Gasteiger partial charge in [0.1, 0.15) is 6.04 Å². The molecule has 4 amide bonds.